The van der Waals surface area contributed by atoms with Crippen LogP contribution < -0.4 is 11.1 Å². The van der Waals surface area contributed by atoms with Crippen molar-refractivity contribution in [2.45, 2.75) is 27.2 Å². The van der Waals surface area contributed by atoms with Gasteiger partial charge in [-0.25, -0.2) is 0 Å². The topological polar surface area (TPSA) is 38.0 Å². The van der Waals surface area contributed by atoms with Crippen LogP contribution in [-0.4, -0.2) is 6.54 Å². The number of allylic oxidation sites excluding steroid dienone is 2. The molecule has 2 heteroatoms. The third-order valence-corrected chi connectivity index (χ3v) is 2.44. The standard InChI is InChI=1S/C11H13N.C2H7N/c1-8-7-10-5-3-4-6-11(10)12-9(8)2;1-2-3/h3-6,12H,7H2,1-2H3;2-3H2,1H3. The number of nitrogens with one attached hydrogen (secondary N) is 1. The summed E-state index contributed by atoms with van der Waals surface area (Å²) in [6, 6.07) is 8.47. The van der Waals surface area contributed by atoms with Crippen LogP contribution in [0.15, 0.2) is 35.5 Å². The molecule has 0 aromatic heterocycles. The van der Waals surface area contributed by atoms with Crippen molar-refractivity contribution in [2.75, 3.05) is 11.9 Å². The van der Waals surface area contributed by atoms with Crippen LogP contribution in [0, 0.1) is 0 Å². The monoisotopic (exact) mass is 204 g/mol. The molecule has 0 unspecified atom stereocenters. The molecule has 0 saturated carbocycles. The van der Waals surface area contributed by atoms with Crippen molar-refractivity contribution in [3.8, 4) is 0 Å². The molecule has 15 heavy (non-hydrogen) atoms. The first kappa shape index (κ1) is 11.8. The van der Waals surface area contributed by atoms with E-state index in [-0.39, 0.29) is 0 Å². The zero-order chi connectivity index (χ0) is 11.3. The van der Waals surface area contributed by atoms with E-state index in [0.29, 0.717) is 0 Å². The van der Waals surface area contributed by atoms with Crippen LogP contribution in [0.25, 0.3) is 0 Å². The first-order chi connectivity index (χ1) is 7.19. The molecule has 3 N–H and O–H groups in total. The number of hydrogen-bond donors (Lipinski definition) is 2. The maximum absolute atomic E-state index is 4.85. The summed E-state index contributed by atoms with van der Waals surface area (Å²) < 4.78 is 0. The van der Waals surface area contributed by atoms with Crippen molar-refractivity contribution in [3.05, 3.63) is 41.1 Å². The van der Waals surface area contributed by atoms with Crippen LogP contribution in [0.1, 0.15) is 26.3 Å². The van der Waals surface area contributed by atoms with Gasteiger partial charge in [0.15, 0.2) is 0 Å². The quantitative estimate of drug-likeness (QED) is 0.682. The van der Waals surface area contributed by atoms with Gasteiger partial charge < -0.3 is 11.1 Å². The number of para-hydroxylation sites is 1. The summed E-state index contributed by atoms with van der Waals surface area (Å²) >= 11 is 0. The van der Waals surface area contributed by atoms with Gasteiger partial charge in [-0.05, 0) is 44.0 Å². The van der Waals surface area contributed by atoms with Crippen molar-refractivity contribution in [1.82, 2.24) is 0 Å². The number of rotatable bonds is 0. The smallest absolute Gasteiger partial charge is 0.0417 e. The van der Waals surface area contributed by atoms with Crippen LogP contribution >= 0.6 is 0 Å². The summed E-state index contributed by atoms with van der Waals surface area (Å²) in [5.74, 6) is 0. The first-order valence-corrected chi connectivity index (χ1v) is 5.40. The van der Waals surface area contributed by atoms with E-state index in [4.69, 9.17) is 5.73 Å². The van der Waals surface area contributed by atoms with Gasteiger partial charge in [-0.1, -0.05) is 25.1 Å². The Bertz CT molecular complexity index is 320. The zero-order valence-electron chi connectivity index (χ0n) is 9.80. The molecule has 1 aliphatic rings. The second-order valence-electron chi connectivity index (χ2n) is 3.77. The van der Waals surface area contributed by atoms with Gasteiger partial charge in [-0.2, -0.15) is 0 Å². The lowest BCUT2D eigenvalue weighted by Gasteiger charge is -2.20. The van der Waals surface area contributed by atoms with Crippen LogP contribution in [-0.2, 0) is 6.42 Å². The molecular weight excluding hydrogens is 184 g/mol. The van der Waals surface area contributed by atoms with Crippen molar-refractivity contribution < 1.29 is 0 Å². The second-order valence-corrected chi connectivity index (χ2v) is 3.77. The summed E-state index contributed by atoms with van der Waals surface area (Å²) in [4.78, 5) is 0. The second kappa shape index (κ2) is 5.56. The molecule has 0 amide bonds. The van der Waals surface area contributed by atoms with Crippen molar-refractivity contribution in [2.24, 2.45) is 5.73 Å². The minimum absolute atomic E-state index is 0.750. The molecule has 0 bridgehead atoms. The predicted molar refractivity (Wildman–Crippen MR) is 66.9 cm³/mol. The predicted octanol–water partition coefficient (Wildman–Crippen LogP) is 2.91. The molecule has 82 valence electrons. The normalized spacial score (nSPS) is 13.6. The molecule has 2 rings (SSSR count). The summed E-state index contributed by atoms with van der Waals surface area (Å²) in [7, 11) is 0. The average molecular weight is 204 g/mol. The molecule has 0 aliphatic carbocycles. The van der Waals surface area contributed by atoms with Crippen LogP contribution in [0.2, 0.25) is 0 Å². The zero-order valence-corrected chi connectivity index (χ0v) is 9.80. The van der Waals surface area contributed by atoms with Crippen LogP contribution in [0.3, 0.4) is 0 Å². The molecule has 0 spiro atoms. The lowest BCUT2D eigenvalue weighted by Crippen LogP contribution is -2.08. The van der Waals surface area contributed by atoms with E-state index in [2.05, 4.69) is 43.4 Å². The van der Waals surface area contributed by atoms with Gasteiger partial charge in [0.2, 0.25) is 0 Å². The van der Waals surface area contributed by atoms with Gasteiger partial charge in [0.05, 0.1) is 0 Å². The summed E-state index contributed by atoms with van der Waals surface area (Å²) in [6.45, 7) is 6.96. The number of benzene rings is 1. The Morgan fingerprint density at radius 1 is 1.27 bits per heavy atom. The minimum atomic E-state index is 0.750. The van der Waals surface area contributed by atoms with Gasteiger partial charge >= 0.3 is 0 Å². The third kappa shape index (κ3) is 3.10. The number of fused-ring (bicyclic) bond motifs is 1. The number of anilines is 1. The molecular formula is C13H20N2. The lowest BCUT2D eigenvalue weighted by atomic mass is 9.99. The van der Waals surface area contributed by atoms with Crippen LogP contribution in [0.5, 0.6) is 0 Å². The fourth-order valence-corrected chi connectivity index (χ4v) is 1.52. The Morgan fingerprint density at radius 2 is 1.87 bits per heavy atom. The van der Waals surface area contributed by atoms with E-state index < -0.39 is 0 Å². The molecule has 0 fully saturated rings. The van der Waals surface area contributed by atoms with E-state index >= 15 is 0 Å². The fourth-order valence-electron chi connectivity index (χ4n) is 1.52. The molecule has 2 nitrogen and oxygen atoms in total. The highest BCUT2D eigenvalue weighted by atomic mass is 14.9. The lowest BCUT2D eigenvalue weighted by molar-refractivity contribution is 1.05. The van der Waals surface area contributed by atoms with E-state index in [0.717, 1.165) is 13.0 Å². The maximum atomic E-state index is 4.85. The summed E-state index contributed by atoms with van der Waals surface area (Å²) in [5.41, 5.74) is 10.3. The molecule has 1 heterocycles. The molecule has 0 atom stereocenters. The van der Waals surface area contributed by atoms with Gasteiger partial charge in [0, 0.05) is 11.4 Å². The Kier molecular flexibility index (Phi) is 4.37. The molecule has 1 aromatic carbocycles. The van der Waals surface area contributed by atoms with Crippen molar-refractivity contribution >= 4 is 5.69 Å². The van der Waals surface area contributed by atoms with Gasteiger partial charge in [0.25, 0.3) is 0 Å². The molecule has 0 saturated heterocycles. The van der Waals surface area contributed by atoms with E-state index in [1.165, 1.54) is 22.5 Å². The Labute approximate surface area is 92.2 Å². The minimum Gasteiger partial charge on any atom is -0.359 e. The first-order valence-electron chi connectivity index (χ1n) is 5.40. The van der Waals surface area contributed by atoms with E-state index in [9.17, 15) is 0 Å². The third-order valence-electron chi connectivity index (χ3n) is 2.44. The number of nitrogens with two attached hydrogens (primary N) is 1. The Balaban J connectivity index is 0.000000337. The highest BCUT2D eigenvalue weighted by Gasteiger charge is 2.09. The SMILES string of the molecule is CC1=C(C)Nc2ccccc2C1.CCN. The van der Waals surface area contributed by atoms with E-state index in [1.54, 1.807) is 0 Å². The molecule has 1 aliphatic heterocycles. The van der Waals surface area contributed by atoms with E-state index in [1.807, 2.05) is 6.92 Å². The van der Waals surface area contributed by atoms with Gasteiger partial charge in [-0.3, -0.25) is 0 Å². The van der Waals surface area contributed by atoms with Gasteiger partial charge in [0.1, 0.15) is 0 Å². The summed E-state index contributed by atoms with van der Waals surface area (Å²) in [6.07, 6.45) is 1.09. The summed E-state index contributed by atoms with van der Waals surface area (Å²) in [5, 5.41) is 3.39. The number of hydrogen-bond acceptors (Lipinski definition) is 2. The molecule has 1 aromatic rings. The Hall–Kier alpha value is -1.28. The van der Waals surface area contributed by atoms with Gasteiger partial charge in [-0.15, -0.1) is 0 Å². The fraction of sp³-hybridized carbons (Fsp3) is 0.385. The maximum Gasteiger partial charge on any atom is 0.0417 e. The highest BCUT2D eigenvalue weighted by molar-refractivity contribution is 5.59. The average Bonchev–Trinajstić information content (AvgIpc) is 2.21. The van der Waals surface area contributed by atoms with Crippen molar-refractivity contribution in [1.29, 1.82) is 0 Å². The van der Waals surface area contributed by atoms with Crippen LogP contribution in [0.4, 0.5) is 5.69 Å². The largest absolute Gasteiger partial charge is 0.359 e. The highest BCUT2D eigenvalue weighted by Crippen LogP contribution is 2.26. The van der Waals surface area contributed by atoms with Crippen molar-refractivity contribution in [3.63, 3.8) is 0 Å². The Morgan fingerprint density at radius 3 is 2.53 bits per heavy atom. The molecule has 0 radical (unpaired) electrons.